The van der Waals surface area contributed by atoms with E-state index in [-0.39, 0.29) is 24.6 Å². The van der Waals surface area contributed by atoms with E-state index in [2.05, 4.69) is 0 Å². The van der Waals surface area contributed by atoms with E-state index in [9.17, 15) is 14.0 Å². The lowest BCUT2D eigenvalue weighted by molar-refractivity contribution is -0.150. The second-order valence-electron chi connectivity index (χ2n) is 3.75. The summed E-state index contributed by atoms with van der Waals surface area (Å²) >= 11 is 0. The molecule has 0 saturated heterocycles. The van der Waals surface area contributed by atoms with Crippen LogP contribution in [-0.2, 0) is 20.7 Å². The van der Waals surface area contributed by atoms with Crippen molar-refractivity contribution >= 4 is 11.8 Å². The highest BCUT2D eigenvalue weighted by Crippen LogP contribution is 2.09. The van der Waals surface area contributed by atoms with Gasteiger partial charge in [0.2, 0.25) is 0 Å². The highest BCUT2D eigenvalue weighted by Gasteiger charge is 2.22. The minimum absolute atomic E-state index is 0.0394. The van der Waals surface area contributed by atoms with Gasteiger partial charge in [0.05, 0.1) is 6.61 Å². The number of Topliss-reactive ketones (excluding diaryl/α,β-unsaturated/α-hetero) is 1. The Morgan fingerprint density at radius 2 is 2.12 bits per heavy atom. The Kier molecular flexibility index (Phi) is 4.82. The number of benzene rings is 1. The summed E-state index contributed by atoms with van der Waals surface area (Å²) in [5, 5.41) is 0. The van der Waals surface area contributed by atoms with Crippen LogP contribution in [-0.4, -0.2) is 18.4 Å². The Morgan fingerprint density at radius 3 is 2.71 bits per heavy atom. The fourth-order valence-corrected chi connectivity index (χ4v) is 1.40. The smallest absolute Gasteiger partial charge is 0.316 e. The van der Waals surface area contributed by atoms with E-state index in [1.807, 2.05) is 0 Å². The molecule has 0 aliphatic carbocycles. The molecular weight excluding hydrogens is 223 g/mol. The van der Waals surface area contributed by atoms with Gasteiger partial charge in [0.25, 0.3) is 0 Å². The van der Waals surface area contributed by atoms with Crippen LogP contribution in [0.5, 0.6) is 0 Å². The molecule has 17 heavy (non-hydrogen) atoms. The first-order valence-electron chi connectivity index (χ1n) is 5.48. The summed E-state index contributed by atoms with van der Waals surface area (Å²) in [4.78, 5) is 23.0. The van der Waals surface area contributed by atoms with E-state index in [1.165, 1.54) is 25.1 Å². The summed E-state index contributed by atoms with van der Waals surface area (Å²) in [6.45, 7) is 3.43. The van der Waals surface area contributed by atoms with Crippen molar-refractivity contribution in [3.05, 3.63) is 35.6 Å². The van der Waals surface area contributed by atoms with Gasteiger partial charge in [-0.1, -0.05) is 12.1 Å². The third-order valence-electron chi connectivity index (χ3n) is 2.39. The minimum Gasteiger partial charge on any atom is -0.465 e. The molecule has 0 heterocycles. The highest BCUT2D eigenvalue weighted by atomic mass is 19.1. The van der Waals surface area contributed by atoms with Gasteiger partial charge < -0.3 is 4.74 Å². The summed E-state index contributed by atoms with van der Waals surface area (Å²) in [5.74, 6) is -2.00. The Labute approximate surface area is 99.6 Å². The standard InChI is InChI=1S/C13H15FO3/c1-3-17-13(16)9(2)12(15)8-10-5-4-6-11(14)7-10/h4-7,9H,3,8H2,1-2H3/t9-/m1/s1. The number of hydrogen-bond donors (Lipinski definition) is 0. The molecule has 0 aromatic heterocycles. The summed E-state index contributed by atoms with van der Waals surface area (Å²) in [6, 6.07) is 5.78. The minimum atomic E-state index is -0.807. The zero-order valence-corrected chi connectivity index (χ0v) is 9.90. The maximum absolute atomic E-state index is 12.9. The fraction of sp³-hybridized carbons (Fsp3) is 0.385. The van der Waals surface area contributed by atoms with Crippen LogP contribution in [0.3, 0.4) is 0 Å². The topological polar surface area (TPSA) is 43.4 Å². The Bertz CT molecular complexity index is 415. The molecule has 1 aromatic carbocycles. The molecule has 0 aliphatic heterocycles. The molecule has 3 nitrogen and oxygen atoms in total. The van der Waals surface area contributed by atoms with Gasteiger partial charge in [0, 0.05) is 6.42 Å². The third-order valence-corrected chi connectivity index (χ3v) is 2.39. The predicted octanol–water partition coefficient (Wildman–Crippen LogP) is 2.14. The average Bonchev–Trinajstić information content (AvgIpc) is 2.28. The molecule has 4 heteroatoms. The van der Waals surface area contributed by atoms with E-state index in [1.54, 1.807) is 13.0 Å². The molecule has 1 aromatic rings. The van der Waals surface area contributed by atoms with Gasteiger partial charge in [-0.05, 0) is 31.5 Å². The monoisotopic (exact) mass is 238 g/mol. The first kappa shape index (κ1) is 13.4. The molecular formula is C13H15FO3. The first-order chi connectivity index (χ1) is 8.04. The number of ketones is 1. The molecule has 0 N–H and O–H groups in total. The van der Waals surface area contributed by atoms with Gasteiger partial charge >= 0.3 is 5.97 Å². The van der Waals surface area contributed by atoms with Crippen molar-refractivity contribution in [1.82, 2.24) is 0 Å². The Hall–Kier alpha value is -1.71. The van der Waals surface area contributed by atoms with Gasteiger partial charge in [-0.25, -0.2) is 4.39 Å². The molecule has 0 bridgehead atoms. The molecule has 0 amide bonds. The highest BCUT2D eigenvalue weighted by molar-refractivity contribution is 5.99. The van der Waals surface area contributed by atoms with Crippen LogP contribution in [0.1, 0.15) is 19.4 Å². The second kappa shape index (κ2) is 6.13. The second-order valence-corrected chi connectivity index (χ2v) is 3.75. The van der Waals surface area contributed by atoms with Crippen LogP contribution >= 0.6 is 0 Å². The summed E-state index contributed by atoms with van der Waals surface area (Å²) < 4.78 is 17.6. The van der Waals surface area contributed by atoms with Crippen LogP contribution in [0.2, 0.25) is 0 Å². The summed E-state index contributed by atoms with van der Waals surface area (Å²) in [6.07, 6.45) is 0.0394. The first-order valence-corrected chi connectivity index (χ1v) is 5.48. The van der Waals surface area contributed by atoms with Crippen molar-refractivity contribution in [2.24, 2.45) is 5.92 Å². The van der Waals surface area contributed by atoms with Crippen LogP contribution in [0.4, 0.5) is 4.39 Å². The van der Waals surface area contributed by atoms with E-state index in [0.29, 0.717) is 5.56 Å². The van der Waals surface area contributed by atoms with Crippen molar-refractivity contribution in [2.75, 3.05) is 6.61 Å². The van der Waals surface area contributed by atoms with Crippen LogP contribution in [0.25, 0.3) is 0 Å². The predicted molar refractivity (Wildman–Crippen MR) is 60.9 cm³/mol. The molecule has 0 aliphatic rings. The number of esters is 1. The number of carbonyl (C=O) groups excluding carboxylic acids is 2. The van der Waals surface area contributed by atoms with E-state index >= 15 is 0 Å². The van der Waals surface area contributed by atoms with Crippen LogP contribution < -0.4 is 0 Å². The van der Waals surface area contributed by atoms with Crippen LogP contribution in [0.15, 0.2) is 24.3 Å². The fourth-order valence-electron chi connectivity index (χ4n) is 1.40. The molecule has 0 spiro atoms. The molecule has 0 radical (unpaired) electrons. The van der Waals surface area contributed by atoms with Crippen molar-refractivity contribution < 1.29 is 18.7 Å². The lowest BCUT2D eigenvalue weighted by atomic mass is 9.99. The molecule has 0 fully saturated rings. The molecule has 92 valence electrons. The summed E-state index contributed by atoms with van der Waals surface area (Å²) in [5.41, 5.74) is 0.561. The van der Waals surface area contributed by atoms with Gasteiger partial charge in [-0.15, -0.1) is 0 Å². The van der Waals surface area contributed by atoms with Crippen molar-refractivity contribution in [2.45, 2.75) is 20.3 Å². The number of halogens is 1. The zero-order chi connectivity index (χ0) is 12.8. The largest absolute Gasteiger partial charge is 0.465 e. The van der Waals surface area contributed by atoms with E-state index < -0.39 is 11.9 Å². The maximum atomic E-state index is 12.9. The van der Waals surface area contributed by atoms with Crippen molar-refractivity contribution in [1.29, 1.82) is 0 Å². The number of hydrogen-bond acceptors (Lipinski definition) is 3. The normalized spacial score (nSPS) is 11.9. The van der Waals surface area contributed by atoms with Gasteiger partial charge in [0.1, 0.15) is 11.7 Å². The van der Waals surface area contributed by atoms with Gasteiger partial charge in [-0.3, -0.25) is 9.59 Å². The Morgan fingerprint density at radius 1 is 1.41 bits per heavy atom. The summed E-state index contributed by atoms with van der Waals surface area (Å²) in [7, 11) is 0. The quantitative estimate of drug-likeness (QED) is 0.583. The van der Waals surface area contributed by atoms with E-state index in [0.717, 1.165) is 0 Å². The van der Waals surface area contributed by atoms with Gasteiger partial charge in [-0.2, -0.15) is 0 Å². The number of ether oxygens (including phenoxy) is 1. The van der Waals surface area contributed by atoms with E-state index in [4.69, 9.17) is 4.74 Å². The molecule has 0 unspecified atom stereocenters. The zero-order valence-electron chi connectivity index (χ0n) is 9.90. The number of carbonyl (C=O) groups is 2. The lowest BCUT2D eigenvalue weighted by Crippen LogP contribution is -2.24. The molecule has 1 rings (SSSR count). The molecule has 0 saturated carbocycles. The van der Waals surface area contributed by atoms with Crippen molar-refractivity contribution in [3.63, 3.8) is 0 Å². The number of rotatable bonds is 5. The average molecular weight is 238 g/mol. The third kappa shape index (κ3) is 3.98. The lowest BCUT2D eigenvalue weighted by Gasteiger charge is -2.09. The van der Waals surface area contributed by atoms with Crippen LogP contribution in [0, 0.1) is 11.7 Å². The molecule has 1 atom stereocenters. The van der Waals surface area contributed by atoms with Crippen molar-refractivity contribution in [3.8, 4) is 0 Å². The maximum Gasteiger partial charge on any atom is 0.316 e. The Balaban J connectivity index is 2.63. The van der Waals surface area contributed by atoms with Gasteiger partial charge in [0.15, 0.2) is 5.78 Å². The SMILES string of the molecule is CCOC(=O)[C@H](C)C(=O)Cc1cccc(F)c1.